The Balaban J connectivity index is 1.63. The minimum Gasteiger partial charge on any atom is -0.356 e. The number of nitrogens with zero attached hydrogens (tertiary/aromatic N) is 2. The summed E-state index contributed by atoms with van der Waals surface area (Å²) in [5.41, 5.74) is 2.27. The average molecular weight is 465 g/mol. The molecule has 1 aliphatic rings. The maximum absolute atomic E-state index is 13.5. The summed E-state index contributed by atoms with van der Waals surface area (Å²) in [4.78, 5) is 29.0. The number of H-pyrrole nitrogens is 1. The van der Waals surface area contributed by atoms with E-state index in [1.807, 2.05) is 24.3 Å². The van der Waals surface area contributed by atoms with Crippen molar-refractivity contribution in [3.8, 4) is 0 Å². The first-order valence-electron chi connectivity index (χ1n) is 10.6. The molecule has 3 aromatic carbocycles. The molecular weight excluding hydrogens is 447 g/mol. The highest BCUT2D eigenvalue weighted by molar-refractivity contribution is 5.96. The summed E-state index contributed by atoms with van der Waals surface area (Å²) >= 11 is 0. The SMILES string of the molecule is O=C(c1cccc([N+](=O)[O-])c1)N1CCc2c([nH]c3ccccc23)C1c1ccc(C(F)(F)F)cc1. The number of aromatic amines is 1. The Morgan fingerprint density at radius 3 is 2.47 bits per heavy atom. The molecule has 172 valence electrons. The Hall–Kier alpha value is -4.14. The number of benzene rings is 3. The van der Waals surface area contributed by atoms with E-state index in [0.29, 0.717) is 18.5 Å². The van der Waals surface area contributed by atoms with Gasteiger partial charge in [0.15, 0.2) is 0 Å². The number of aromatic nitrogens is 1. The third-order valence-corrected chi connectivity index (χ3v) is 6.15. The molecule has 0 saturated carbocycles. The molecule has 1 unspecified atom stereocenters. The van der Waals surface area contributed by atoms with Crippen molar-refractivity contribution in [2.75, 3.05) is 6.54 Å². The molecule has 4 aromatic rings. The molecule has 0 fully saturated rings. The molecular formula is C25H18F3N3O3. The van der Waals surface area contributed by atoms with Crippen LogP contribution in [0, 0.1) is 10.1 Å². The van der Waals surface area contributed by atoms with E-state index < -0.39 is 28.6 Å². The number of nitro groups is 1. The van der Waals surface area contributed by atoms with Crippen LogP contribution in [0.2, 0.25) is 0 Å². The first-order valence-corrected chi connectivity index (χ1v) is 10.6. The molecule has 9 heteroatoms. The summed E-state index contributed by atoms with van der Waals surface area (Å²) in [6.45, 7) is 0.308. The van der Waals surface area contributed by atoms with Crippen LogP contribution in [0.15, 0.2) is 72.8 Å². The molecule has 1 aromatic heterocycles. The number of alkyl halides is 3. The van der Waals surface area contributed by atoms with Crippen molar-refractivity contribution in [1.82, 2.24) is 9.88 Å². The summed E-state index contributed by atoms with van der Waals surface area (Å²) in [5, 5.41) is 12.2. The average Bonchev–Trinajstić information content (AvgIpc) is 3.21. The van der Waals surface area contributed by atoms with Crippen molar-refractivity contribution in [2.45, 2.75) is 18.6 Å². The fourth-order valence-electron chi connectivity index (χ4n) is 4.58. The van der Waals surface area contributed by atoms with Gasteiger partial charge < -0.3 is 9.88 Å². The van der Waals surface area contributed by atoms with Gasteiger partial charge >= 0.3 is 6.18 Å². The third kappa shape index (κ3) is 3.68. The van der Waals surface area contributed by atoms with Crippen molar-refractivity contribution < 1.29 is 22.9 Å². The third-order valence-electron chi connectivity index (χ3n) is 6.15. The van der Waals surface area contributed by atoms with Crippen LogP contribution in [0.25, 0.3) is 10.9 Å². The summed E-state index contributed by atoms with van der Waals surface area (Å²) in [6, 6.07) is 17.2. The topological polar surface area (TPSA) is 79.2 Å². The van der Waals surface area contributed by atoms with Crippen LogP contribution in [-0.4, -0.2) is 27.3 Å². The Morgan fingerprint density at radius 1 is 1.03 bits per heavy atom. The number of nitrogens with one attached hydrogen (secondary N) is 1. The largest absolute Gasteiger partial charge is 0.416 e. The second kappa shape index (κ2) is 8.02. The number of non-ortho nitro benzene ring substituents is 1. The van der Waals surface area contributed by atoms with E-state index in [1.165, 1.54) is 36.4 Å². The highest BCUT2D eigenvalue weighted by Gasteiger charge is 2.36. The fraction of sp³-hybridized carbons (Fsp3) is 0.160. The number of hydrogen-bond donors (Lipinski definition) is 1. The van der Waals surface area contributed by atoms with Crippen LogP contribution in [0.4, 0.5) is 18.9 Å². The Kier molecular flexibility index (Phi) is 5.11. The van der Waals surface area contributed by atoms with Gasteiger partial charge in [-0.15, -0.1) is 0 Å². The fourth-order valence-corrected chi connectivity index (χ4v) is 4.58. The van der Waals surface area contributed by atoms with Gasteiger partial charge in [0.2, 0.25) is 0 Å². The van der Waals surface area contributed by atoms with Gasteiger partial charge in [-0.25, -0.2) is 0 Å². The highest BCUT2D eigenvalue weighted by Crippen LogP contribution is 2.40. The number of amides is 1. The summed E-state index contributed by atoms with van der Waals surface area (Å²) < 4.78 is 39.4. The summed E-state index contributed by atoms with van der Waals surface area (Å²) in [5.74, 6) is -0.432. The minimum absolute atomic E-state index is 0.144. The molecule has 5 rings (SSSR count). The normalized spacial score (nSPS) is 15.9. The number of fused-ring (bicyclic) bond motifs is 3. The second-order valence-corrected chi connectivity index (χ2v) is 8.14. The quantitative estimate of drug-likeness (QED) is 0.303. The predicted octanol–water partition coefficient (Wildman–Crippen LogP) is 5.88. The van der Waals surface area contributed by atoms with Crippen LogP contribution >= 0.6 is 0 Å². The van der Waals surface area contributed by atoms with Gasteiger partial charge in [-0.2, -0.15) is 13.2 Å². The lowest BCUT2D eigenvalue weighted by Gasteiger charge is -2.36. The highest BCUT2D eigenvalue weighted by atomic mass is 19.4. The molecule has 6 nitrogen and oxygen atoms in total. The van der Waals surface area contributed by atoms with E-state index in [-0.39, 0.29) is 11.3 Å². The van der Waals surface area contributed by atoms with Crippen molar-refractivity contribution >= 4 is 22.5 Å². The van der Waals surface area contributed by atoms with Gasteiger partial charge in [0.05, 0.1) is 16.5 Å². The number of para-hydroxylation sites is 1. The zero-order valence-corrected chi connectivity index (χ0v) is 17.7. The van der Waals surface area contributed by atoms with Gasteiger partial charge in [0, 0.05) is 40.8 Å². The summed E-state index contributed by atoms with van der Waals surface area (Å²) in [6.07, 6.45) is -3.94. The van der Waals surface area contributed by atoms with E-state index in [9.17, 15) is 28.1 Å². The Bertz CT molecular complexity index is 1410. The molecule has 0 saturated heterocycles. The Labute approximate surface area is 191 Å². The van der Waals surface area contributed by atoms with Crippen molar-refractivity contribution in [1.29, 1.82) is 0 Å². The zero-order valence-electron chi connectivity index (χ0n) is 17.7. The van der Waals surface area contributed by atoms with Crippen LogP contribution in [0.1, 0.15) is 38.8 Å². The number of nitro benzene ring substituents is 1. The molecule has 1 N–H and O–H groups in total. The molecule has 1 atom stereocenters. The lowest BCUT2D eigenvalue weighted by Crippen LogP contribution is -2.40. The Morgan fingerprint density at radius 2 is 1.76 bits per heavy atom. The van der Waals surface area contributed by atoms with E-state index in [0.717, 1.165) is 34.3 Å². The number of halogens is 3. The van der Waals surface area contributed by atoms with Gasteiger partial charge in [0.25, 0.3) is 11.6 Å². The molecule has 1 aliphatic heterocycles. The monoisotopic (exact) mass is 465 g/mol. The van der Waals surface area contributed by atoms with Gasteiger partial charge in [-0.3, -0.25) is 14.9 Å². The van der Waals surface area contributed by atoms with Crippen molar-refractivity contribution in [2.24, 2.45) is 0 Å². The smallest absolute Gasteiger partial charge is 0.356 e. The lowest BCUT2D eigenvalue weighted by atomic mass is 9.91. The lowest BCUT2D eigenvalue weighted by molar-refractivity contribution is -0.384. The minimum atomic E-state index is -4.48. The molecule has 0 aliphatic carbocycles. The first kappa shape index (κ1) is 21.7. The predicted molar refractivity (Wildman–Crippen MR) is 119 cm³/mol. The molecule has 34 heavy (non-hydrogen) atoms. The van der Waals surface area contributed by atoms with Crippen molar-refractivity contribution in [3.05, 3.63) is 111 Å². The zero-order chi connectivity index (χ0) is 24.0. The number of rotatable bonds is 3. The molecule has 0 radical (unpaired) electrons. The van der Waals surface area contributed by atoms with Crippen LogP contribution in [-0.2, 0) is 12.6 Å². The number of carbonyl (C=O) groups excluding carboxylic acids is 1. The van der Waals surface area contributed by atoms with E-state index >= 15 is 0 Å². The molecule has 0 bridgehead atoms. The second-order valence-electron chi connectivity index (χ2n) is 8.14. The standard InChI is InChI=1S/C25H18F3N3O3/c26-25(27,28)17-10-8-15(9-11-17)23-22-20(19-6-1-2-7-21(19)29-22)12-13-30(23)24(32)16-4-3-5-18(14-16)31(33)34/h1-11,14,23,29H,12-13H2. The van der Waals surface area contributed by atoms with Crippen LogP contribution < -0.4 is 0 Å². The van der Waals surface area contributed by atoms with Gasteiger partial charge in [-0.05, 0) is 41.8 Å². The molecule has 1 amide bonds. The van der Waals surface area contributed by atoms with E-state index in [1.54, 1.807) is 4.90 Å². The van der Waals surface area contributed by atoms with Gasteiger partial charge in [-0.1, -0.05) is 36.4 Å². The summed E-state index contributed by atoms with van der Waals surface area (Å²) in [7, 11) is 0. The molecule has 0 spiro atoms. The maximum atomic E-state index is 13.5. The number of hydrogen-bond acceptors (Lipinski definition) is 3. The van der Waals surface area contributed by atoms with E-state index in [2.05, 4.69) is 4.98 Å². The number of carbonyl (C=O) groups is 1. The van der Waals surface area contributed by atoms with Crippen molar-refractivity contribution in [3.63, 3.8) is 0 Å². The van der Waals surface area contributed by atoms with E-state index in [4.69, 9.17) is 0 Å². The van der Waals surface area contributed by atoms with Gasteiger partial charge in [0.1, 0.15) is 0 Å². The first-order chi connectivity index (χ1) is 16.2. The maximum Gasteiger partial charge on any atom is 0.416 e. The molecule has 2 heterocycles. The van der Waals surface area contributed by atoms with Crippen LogP contribution in [0.5, 0.6) is 0 Å². The van der Waals surface area contributed by atoms with Crippen LogP contribution in [0.3, 0.4) is 0 Å².